The normalized spacial score (nSPS) is 14.4. The number of ether oxygens (including phenoxy) is 1. The van der Waals surface area contributed by atoms with Crippen molar-refractivity contribution in [2.45, 2.75) is 19.6 Å². The van der Waals surface area contributed by atoms with Crippen LogP contribution in [0.1, 0.15) is 23.7 Å². The highest BCUT2D eigenvalue weighted by atomic mass is 32.2. The van der Waals surface area contributed by atoms with Crippen molar-refractivity contribution in [1.82, 2.24) is 25.3 Å². The Balaban J connectivity index is 1.44. The van der Waals surface area contributed by atoms with Crippen molar-refractivity contribution in [2.75, 3.05) is 36.4 Å². The van der Waals surface area contributed by atoms with Crippen LogP contribution in [0.15, 0.2) is 90.7 Å². The van der Waals surface area contributed by atoms with Gasteiger partial charge < -0.3 is 15.0 Å². The Morgan fingerprint density at radius 3 is 2.52 bits per heavy atom. The number of benzene rings is 2. The highest BCUT2D eigenvalue weighted by molar-refractivity contribution is 8.10. The maximum absolute atomic E-state index is 14.9. The summed E-state index contributed by atoms with van der Waals surface area (Å²) in [5, 5.41) is 18.8. The first-order chi connectivity index (χ1) is 21.2. The fourth-order valence-electron chi connectivity index (χ4n) is 4.67. The average Bonchev–Trinajstić information content (AvgIpc) is 3.54. The van der Waals surface area contributed by atoms with Crippen molar-refractivity contribution in [2.24, 2.45) is 0 Å². The van der Waals surface area contributed by atoms with E-state index in [-0.39, 0.29) is 22.9 Å². The molecule has 2 N–H and O–H groups in total. The number of para-hydroxylation sites is 1. The minimum absolute atomic E-state index is 0.0402. The molecule has 1 aliphatic heterocycles. The van der Waals surface area contributed by atoms with E-state index in [0.29, 0.717) is 43.2 Å². The van der Waals surface area contributed by atoms with Gasteiger partial charge in [0, 0.05) is 55.0 Å². The number of anilines is 2. The molecule has 1 fully saturated rings. The number of alkyl halides is 3. The maximum Gasteiger partial charge on any atom is 0.422 e. The van der Waals surface area contributed by atoms with Gasteiger partial charge in [0.2, 0.25) is 0 Å². The molecule has 2 aromatic carbocycles. The predicted octanol–water partition coefficient (Wildman–Crippen LogP) is 6.58. The van der Waals surface area contributed by atoms with Crippen LogP contribution < -0.4 is 15.0 Å². The number of carbonyl (C=O) groups is 1. The zero-order chi connectivity index (χ0) is 31.1. The molecule has 1 aliphatic rings. The van der Waals surface area contributed by atoms with Gasteiger partial charge in [-0.2, -0.15) is 28.5 Å². The number of piperazine rings is 1. The predicted molar refractivity (Wildman–Crippen MR) is 165 cm³/mol. The molecule has 0 bridgehead atoms. The summed E-state index contributed by atoms with van der Waals surface area (Å²) in [6.07, 6.45) is 0.0440. The zero-order valence-electron chi connectivity index (χ0n) is 23.8. The van der Waals surface area contributed by atoms with Crippen LogP contribution in [0.3, 0.4) is 0 Å². The molecule has 2 aromatic heterocycles. The monoisotopic (exact) mass is 621 g/mol. The Labute approximate surface area is 256 Å². The summed E-state index contributed by atoms with van der Waals surface area (Å²) in [7, 11) is 0. The second-order valence-corrected chi connectivity index (χ2v) is 11.0. The molecule has 1 saturated heterocycles. The summed E-state index contributed by atoms with van der Waals surface area (Å²) in [6.45, 7) is 7.76. The Hall–Kier alpha value is -4.62. The van der Waals surface area contributed by atoms with E-state index in [1.54, 1.807) is 66.0 Å². The number of amides is 1. The molecule has 3 heterocycles. The van der Waals surface area contributed by atoms with Gasteiger partial charge in [-0.1, -0.05) is 36.5 Å². The van der Waals surface area contributed by atoms with Gasteiger partial charge in [0.1, 0.15) is 17.1 Å². The summed E-state index contributed by atoms with van der Waals surface area (Å²) in [5.41, 5.74) is 0.848. The number of halogens is 3. The van der Waals surface area contributed by atoms with Crippen LogP contribution in [0, 0.1) is 0 Å². The minimum atomic E-state index is -4.77. The van der Waals surface area contributed by atoms with E-state index in [0.717, 1.165) is 11.3 Å². The van der Waals surface area contributed by atoms with Crippen molar-refractivity contribution in [3.63, 3.8) is 0 Å². The Morgan fingerprint density at radius 2 is 1.86 bits per heavy atom. The average molecular weight is 622 g/mol. The Kier molecular flexibility index (Phi) is 9.65. The quantitative estimate of drug-likeness (QED) is 0.192. The fraction of sp³-hybridized carbons (Fsp3) is 0.226. The van der Waals surface area contributed by atoms with Gasteiger partial charge in [-0.25, -0.2) is 0 Å². The maximum atomic E-state index is 14.9. The van der Waals surface area contributed by atoms with Crippen molar-refractivity contribution < 1.29 is 22.7 Å². The van der Waals surface area contributed by atoms with E-state index in [9.17, 15) is 18.0 Å². The second kappa shape index (κ2) is 13.8. The van der Waals surface area contributed by atoms with Crippen LogP contribution in [-0.4, -0.2) is 57.4 Å². The third kappa shape index (κ3) is 7.66. The molecular weight excluding hydrogens is 591 g/mol. The second-order valence-electron chi connectivity index (χ2n) is 10.0. The topological polar surface area (TPSA) is 99.3 Å². The standard InChI is InChI=1S/C31H30F3N7O2S/c1-21(20-44-22(2)23-10-12-35-37-18-23)30(42)38-26-8-9-27(43-25-6-4-3-5-7-25)28(31(32,33)34)29(26)41-16-14-40(15-17-41)19-24-11-13-36-39-24/h3-13,18,20H,2,14-17,19H2,1H3,(H,36,39)(H,38,42)/b21-20+. The van der Waals surface area contributed by atoms with E-state index in [4.69, 9.17) is 4.74 Å². The van der Waals surface area contributed by atoms with E-state index in [1.807, 2.05) is 6.07 Å². The molecule has 0 saturated carbocycles. The van der Waals surface area contributed by atoms with E-state index in [1.165, 1.54) is 30.1 Å². The number of hydrogen-bond acceptors (Lipinski definition) is 8. The molecule has 0 aliphatic carbocycles. The minimum Gasteiger partial charge on any atom is -0.457 e. The molecule has 9 nitrogen and oxygen atoms in total. The van der Waals surface area contributed by atoms with Gasteiger partial charge in [0.15, 0.2) is 0 Å². The summed E-state index contributed by atoms with van der Waals surface area (Å²) in [6, 6.07) is 14.6. The number of aromatic nitrogens is 4. The first-order valence-corrected chi connectivity index (χ1v) is 14.6. The summed E-state index contributed by atoms with van der Waals surface area (Å²) >= 11 is 1.21. The highest BCUT2D eigenvalue weighted by Gasteiger charge is 2.41. The molecule has 1 amide bonds. The van der Waals surface area contributed by atoms with Crippen LogP contribution >= 0.6 is 11.8 Å². The van der Waals surface area contributed by atoms with Crippen LogP contribution in [0.25, 0.3) is 4.91 Å². The first kappa shape index (κ1) is 30.8. The molecule has 0 atom stereocenters. The number of aromatic amines is 1. The number of nitrogens with zero attached hydrogens (tertiary/aromatic N) is 5. The van der Waals surface area contributed by atoms with Crippen LogP contribution in [0.5, 0.6) is 11.5 Å². The van der Waals surface area contributed by atoms with Crippen molar-refractivity contribution >= 4 is 33.9 Å². The molecule has 0 unspecified atom stereocenters. The molecule has 13 heteroatoms. The summed E-state index contributed by atoms with van der Waals surface area (Å²) in [4.78, 5) is 17.7. The Bertz CT molecular complexity index is 1610. The van der Waals surface area contributed by atoms with Gasteiger partial charge in [-0.3, -0.25) is 14.8 Å². The lowest BCUT2D eigenvalue weighted by Gasteiger charge is -2.38. The Morgan fingerprint density at radius 1 is 1.09 bits per heavy atom. The van der Waals surface area contributed by atoms with Crippen LogP contribution in [0.4, 0.5) is 24.5 Å². The number of nitrogens with one attached hydrogen (secondary N) is 2. The van der Waals surface area contributed by atoms with Crippen molar-refractivity contribution in [1.29, 1.82) is 0 Å². The molecule has 44 heavy (non-hydrogen) atoms. The van der Waals surface area contributed by atoms with E-state index in [2.05, 4.69) is 37.2 Å². The van der Waals surface area contributed by atoms with Crippen molar-refractivity contribution in [3.05, 3.63) is 108 Å². The summed E-state index contributed by atoms with van der Waals surface area (Å²) in [5.74, 6) is -0.618. The smallest absolute Gasteiger partial charge is 0.422 e. The SMILES string of the molecule is C=C(S/C=C(\C)C(=O)Nc1ccc(Oc2ccccc2)c(C(F)(F)F)c1N1CCN(Cc2cc[nH]n2)CC1)c1ccnnc1. The number of H-pyrrole nitrogens is 1. The number of thioether (sulfide) groups is 1. The number of hydrogen-bond donors (Lipinski definition) is 2. The van der Waals surface area contributed by atoms with E-state index >= 15 is 0 Å². The van der Waals surface area contributed by atoms with Crippen molar-refractivity contribution in [3.8, 4) is 11.5 Å². The van der Waals surface area contributed by atoms with Gasteiger partial charge in [0.05, 0.1) is 29.5 Å². The van der Waals surface area contributed by atoms with E-state index < -0.39 is 17.6 Å². The molecule has 0 radical (unpaired) electrons. The molecule has 5 rings (SSSR count). The number of rotatable bonds is 10. The third-order valence-corrected chi connectivity index (χ3v) is 7.91. The van der Waals surface area contributed by atoms with Crippen LogP contribution in [-0.2, 0) is 17.5 Å². The number of carbonyl (C=O) groups excluding carboxylic acids is 1. The van der Waals surface area contributed by atoms with Gasteiger partial charge >= 0.3 is 6.18 Å². The van der Waals surface area contributed by atoms with Crippen LogP contribution in [0.2, 0.25) is 0 Å². The largest absolute Gasteiger partial charge is 0.457 e. The molecular formula is C31H30F3N7O2S. The van der Waals surface area contributed by atoms with Gasteiger partial charge in [0.25, 0.3) is 5.91 Å². The lowest BCUT2D eigenvalue weighted by molar-refractivity contribution is -0.138. The molecule has 4 aromatic rings. The fourth-order valence-corrected chi connectivity index (χ4v) is 5.35. The lowest BCUT2D eigenvalue weighted by Crippen LogP contribution is -2.46. The lowest BCUT2D eigenvalue weighted by atomic mass is 10.1. The van der Waals surface area contributed by atoms with Gasteiger partial charge in [-0.15, -0.1) is 0 Å². The van der Waals surface area contributed by atoms with Gasteiger partial charge in [-0.05, 0) is 48.7 Å². The third-order valence-electron chi connectivity index (χ3n) is 6.92. The first-order valence-electron chi connectivity index (χ1n) is 13.7. The molecule has 0 spiro atoms. The highest BCUT2D eigenvalue weighted by Crippen LogP contribution is 2.48. The summed E-state index contributed by atoms with van der Waals surface area (Å²) < 4.78 is 50.4. The molecule has 228 valence electrons. The zero-order valence-corrected chi connectivity index (χ0v) is 24.7.